The van der Waals surface area contributed by atoms with Crippen molar-refractivity contribution >= 4 is 34.2 Å². The smallest absolute Gasteiger partial charge is 0.319 e. The molecule has 0 bridgehead atoms. The number of fused-ring (bicyclic) bond motifs is 1. The van der Waals surface area contributed by atoms with E-state index in [1.54, 1.807) is 36.4 Å². The molecule has 0 aliphatic heterocycles. The summed E-state index contributed by atoms with van der Waals surface area (Å²) in [5.41, 5.74) is 1.67. The molecule has 7 heteroatoms. The Morgan fingerprint density at radius 3 is 2.35 bits per heavy atom. The summed E-state index contributed by atoms with van der Waals surface area (Å²) in [5, 5.41) is 8.49. The highest BCUT2D eigenvalue weighted by Gasteiger charge is 2.14. The van der Waals surface area contributed by atoms with Crippen LogP contribution in [0.2, 0.25) is 0 Å². The first-order valence-corrected chi connectivity index (χ1v) is 8.19. The number of carbonyl (C=O) groups is 2. The number of anilines is 2. The Kier molecular flexibility index (Phi) is 4.88. The molecule has 3 amide bonds. The maximum Gasteiger partial charge on any atom is 0.319 e. The first-order valence-electron chi connectivity index (χ1n) is 8.19. The summed E-state index contributed by atoms with van der Waals surface area (Å²) in [7, 11) is 0. The zero-order valence-corrected chi connectivity index (χ0v) is 14.4. The van der Waals surface area contributed by atoms with Gasteiger partial charge in [-0.2, -0.15) is 0 Å². The molecule has 1 aromatic heterocycles. The van der Waals surface area contributed by atoms with Gasteiger partial charge in [0.1, 0.15) is 11.5 Å². The Hall–Kier alpha value is -3.35. The van der Waals surface area contributed by atoms with Gasteiger partial charge in [-0.05, 0) is 44.2 Å². The van der Waals surface area contributed by atoms with Crippen LogP contribution in [0.4, 0.5) is 20.6 Å². The van der Waals surface area contributed by atoms with Gasteiger partial charge in [0.2, 0.25) is 0 Å². The minimum atomic E-state index is -0.431. The van der Waals surface area contributed by atoms with E-state index in [1.165, 1.54) is 12.1 Å². The number of hydrogen-bond acceptors (Lipinski definition) is 2. The predicted octanol–water partition coefficient (Wildman–Crippen LogP) is 4.09. The van der Waals surface area contributed by atoms with E-state index in [9.17, 15) is 14.0 Å². The second-order valence-electron chi connectivity index (χ2n) is 6.14. The SMILES string of the molecule is CC(C)NC(=O)Nc1ccccc1NC(=O)c1cc2c(F)cccc2[nH]1. The lowest BCUT2D eigenvalue weighted by Crippen LogP contribution is -2.34. The maximum atomic E-state index is 13.8. The summed E-state index contributed by atoms with van der Waals surface area (Å²) in [6, 6.07) is 12.5. The van der Waals surface area contributed by atoms with Crippen molar-refractivity contribution in [2.24, 2.45) is 0 Å². The number of para-hydroxylation sites is 2. The molecule has 3 aromatic rings. The highest BCUT2D eigenvalue weighted by Crippen LogP contribution is 2.23. The van der Waals surface area contributed by atoms with E-state index in [4.69, 9.17) is 0 Å². The van der Waals surface area contributed by atoms with E-state index in [0.29, 0.717) is 22.3 Å². The van der Waals surface area contributed by atoms with Gasteiger partial charge in [0.25, 0.3) is 5.91 Å². The van der Waals surface area contributed by atoms with Crippen molar-refractivity contribution in [1.82, 2.24) is 10.3 Å². The molecule has 4 N–H and O–H groups in total. The zero-order chi connectivity index (χ0) is 18.7. The summed E-state index contributed by atoms with van der Waals surface area (Å²) in [5.74, 6) is -0.829. The molecule has 0 aliphatic carbocycles. The lowest BCUT2D eigenvalue weighted by Gasteiger charge is -2.14. The minimum absolute atomic E-state index is 0.0157. The lowest BCUT2D eigenvalue weighted by atomic mass is 10.2. The molecule has 0 saturated carbocycles. The molecule has 0 saturated heterocycles. The average molecular weight is 354 g/mol. The van der Waals surface area contributed by atoms with Crippen LogP contribution < -0.4 is 16.0 Å². The summed E-state index contributed by atoms with van der Waals surface area (Å²) < 4.78 is 13.8. The second-order valence-corrected chi connectivity index (χ2v) is 6.14. The Morgan fingerprint density at radius 1 is 1.00 bits per heavy atom. The van der Waals surface area contributed by atoms with Gasteiger partial charge in [-0.25, -0.2) is 9.18 Å². The van der Waals surface area contributed by atoms with Crippen molar-refractivity contribution in [3.8, 4) is 0 Å². The van der Waals surface area contributed by atoms with Crippen LogP contribution in [-0.4, -0.2) is 23.0 Å². The van der Waals surface area contributed by atoms with E-state index in [0.717, 1.165) is 0 Å². The molecule has 0 spiro atoms. The van der Waals surface area contributed by atoms with Crippen LogP contribution in [0.25, 0.3) is 10.9 Å². The number of aromatic amines is 1. The standard InChI is InChI=1S/C19H19FN4O2/c1-11(2)21-19(26)24-16-8-4-3-7-15(16)23-18(25)17-10-12-13(20)6-5-9-14(12)22-17/h3-11,22H,1-2H3,(H,23,25)(H2,21,24,26). The highest BCUT2D eigenvalue weighted by atomic mass is 19.1. The molecule has 0 aliphatic rings. The van der Waals surface area contributed by atoms with E-state index in [1.807, 2.05) is 13.8 Å². The normalized spacial score (nSPS) is 10.8. The average Bonchev–Trinajstić information content (AvgIpc) is 3.02. The van der Waals surface area contributed by atoms with Crippen LogP contribution in [0.3, 0.4) is 0 Å². The third-order valence-corrected chi connectivity index (χ3v) is 3.70. The molecule has 134 valence electrons. The Morgan fingerprint density at radius 2 is 1.69 bits per heavy atom. The topological polar surface area (TPSA) is 86.0 Å². The monoisotopic (exact) mass is 354 g/mol. The van der Waals surface area contributed by atoms with Crippen LogP contribution in [0.5, 0.6) is 0 Å². The first kappa shape index (κ1) is 17.5. The number of nitrogens with one attached hydrogen (secondary N) is 4. The number of urea groups is 1. The molecular weight excluding hydrogens is 335 g/mol. The van der Waals surface area contributed by atoms with Gasteiger partial charge in [-0.3, -0.25) is 4.79 Å². The van der Waals surface area contributed by atoms with Crippen LogP contribution in [0.15, 0.2) is 48.5 Å². The molecule has 2 aromatic carbocycles. The number of H-pyrrole nitrogens is 1. The van der Waals surface area contributed by atoms with E-state index >= 15 is 0 Å². The van der Waals surface area contributed by atoms with Gasteiger partial charge in [-0.1, -0.05) is 18.2 Å². The number of rotatable bonds is 4. The number of halogens is 1. The maximum absolute atomic E-state index is 13.8. The van der Waals surface area contributed by atoms with Gasteiger partial charge in [0, 0.05) is 16.9 Å². The third-order valence-electron chi connectivity index (χ3n) is 3.70. The third kappa shape index (κ3) is 3.83. The number of aromatic nitrogens is 1. The Bertz CT molecular complexity index is 965. The predicted molar refractivity (Wildman–Crippen MR) is 99.9 cm³/mol. The molecule has 26 heavy (non-hydrogen) atoms. The number of benzene rings is 2. The molecule has 0 radical (unpaired) electrons. The fourth-order valence-corrected chi connectivity index (χ4v) is 2.55. The fraction of sp³-hybridized carbons (Fsp3) is 0.158. The molecule has 0 unspecified atom stereocenters. The van der Waals surface area contributed by atoms with Crippen molar-refractivity contribution in [3.63, 3.8) is 0 Å². The molecule has 0 atom stereocenters. The molecule has 6 nitrogen and oxygen atoms in total. The molecule has 0 fully saturated rings. The summed E-state index contributed by atoms with van der Waals surface area (Å²) in [4.78, 5) is 27.3. The van der Waals surface area contributed by atoms with Gasteiger partial charge >= 0.3 is 6.03 Å². The van der Waals surface area contributed by atoms with Gasteiger partial charge in [0.15, 0.2) is 0 Å². The van der Waals surface area contributed by atoms with Crippen LogP contribution >= 0.6 is 0 Å². The quantitative estimate of drug-likeness (QED) is 0.569. The van der Waals surface area contributed by atoms with Gasteiger partial charge in [-0.15, -0.1) is 0 Å². The van der Waals surface area contributed by atoms with E-state index < -0.39 is 11.7 Å². The number of hydrogen-bond donors (Lipinski definition) is 4. The largest absolute Gasteiger partial charge is 0.350 e. The van der Waals surface area contributed by atoms with Crippen molar-refractivity contribution < 1.29 is 14.0 Å². The molecule has 1 heterocycles. The second kappa shape index (κ2) is 7.26. The minimum Gasteiger partial charge on any atom is -0.350 e. The zero-order valence-electron chi connectivity index (χ0n) is 14.4. The van der Waals surface area contributed by atoms with Crippen molar-refractivity contribution in [2.45, 2.75) is 19.9 Å². The summed E-state index contributed by atoms with van der Waals surface area (Å²) >= 11 is 0. The van der Waals surface area contributed by atoms with Crippen LogP contribution in [-0.2, 0) is 0 Å². The summed E-state index contributed by atoms with van der Waals surface area (Å²) in [6.45, 7) is 3.70. The Balaban J connectivity index is 1.80. The number of carbonyl (C=O) groups excluding carboxylic acids is 2. The van der Waals surface area contributed by atoms with Gasteiger partial charge < -0.3 is 20.9 Å². The molecular formula is C19H19FN4O2. The first-order chi connectivity index (χ1) is 12.4. The highest BCUT2D eigenvalue weighted by molar-refractivity contribution is 6.08. The number of amides is 3. The van der Waals surface area contributed by atoms with E-state index in [2.05, 4.69) is 20.9 Å². The van der Waals surface area contributed by atoms with Crippen LogP contribution in [0, 0.1) is 5.82 Å². The van der Waals surface area contributed by atoms with Crippen LogP contribution in [0.1, 0.15) is 24.3 Å². The van der Waals surface area contributed by atoms with Crippen molar-refractivity contribution in [2.75, 3.05) is 10.6 Å². The van der Waals surface area contributed by atoms with Gasteiger partial charge in [0.05, 0.1) is 11.4 Å². The van der Waals surface area contributed by atoms with Crippen molar-refractivity contribution in [1.29, 1.82) is 0 Å². The van der Waals surface area contributed by atoms with Crippen molar-refractivity contribution in [3.05, 3.63) is 60.0 Å². The fourth-order valence-electron chi connectivity index (χ4n) is 2.55. The molecule has 3 rings (SSSR count). The summed E-state index contributed by atoms with van der Waals surface area (Å²) in [6.07, 6.45) is 0. The lowest BCUT2D eigenvalue weighted by molar-refractivity contribution is 0.102. The van der Waals surface area contributed by atoms with E-state index in [-0.39, 0.29) is 17.8 Å². The Labute approximate surface area is 149 Å².